The predicted octanol–water partition coefficient (Wildman–Crippen LogP) is 5.68. The summed E-state index contributed by atoms with van der Waals surface area (Å²) < 4.78 is 3.18. The van der Waals surface area contributed by atoms with Crippen molar-refractivity contribution in [3.05, 3.63) is 119 Å². The van der Waals surface area contributed by atoms with Gasteiger partial charge in [0.25, 0.3) is 11.1 Å². The van der Waals surface area contributed by atoms with Crippen LogP contribution in [0.25, 0.3) is 104 Å². The molecule has 0 saturated carbocycles. The number of aliphatic hydroxyl groups excluding tert-OH is 1. The Bertz CT molecular complexity index is 3560. The average Bonchev–Trinajstić information content (AvgIpc) is 3.66. The number of para-hydroxylation sites is 2. The topological polar surface area (TPSA) is 123 Å². The molecule has 0 bridgehead atoms. The first-order chi connectivity index (χ1) is 22.9. The number of hydrogen-bond acceptors (Lipinski definition) is 7. The maximum absolute atomic E-state index is 14.5. The molecule has 7 aromatic carbocycles. The molecule has 12 rings (SSSR count). The molecule has 1 N–H and O–H groups in total. The number of allylic oxidation sites excluding steroid dienone is 1. The van der Waals surface area contributed by atoms with Crippen molar-refractivity contribution in [1.82, 2.24) is 18.8 Å². The van der Waals surface area contributed by atoms with Crippen LogP contribution in [0, 0.1) is 0 Å². The SMILES string of the molecule is O=c1c2ccc3c4c(cc5c(=O)c6ccc7c8c(cc1c(c68)c5c24)c(=O)n1c2c(nc71)C=C(O)CC2)c(=O)n1c2ccccc2nc31. The van der Waals surface area contributed by atoms with Gasteiger partial charge in [0, 0.05) is 87.9 Å². The van der Waals surface area contributed by atoms with Crippen LogP contribution in [0.1, 0.15) is 17.8 Å². The molecule has 4 heterocycles. The van der Waals surface area contributed by atoms with Crippen molar-refractivity contribution in [2.75, 3.05) is 0 Å². The molecule has 0 amide bonds. The fourth-order valence-corrected chi connectivity index (χ4v) is 8.74. The molecule has 11 aromatic rings. The number of nitrogens with zero attached hydrogens (tertiary/aromatic N) is 4. The largest absolute Gasteiger partial charge is 0.512 e. The number of benzene rings is 7. The lowest BCUT2D eigenvalue weighted by Gasteiger charge is -2.19. The Morgan fingerprint density at radius 3 is 1.77 bits per heavy atom. The lowest BCUT2D eigenvalue weighted by atomic mass is 9.83. The third-order valence-electron chi connectivity index (χ3n) is 10.6. The van der Waals surface area contributed by atoms with E-state index in [1.54, 1.807) is 39.1 Å². The fraction of sp³-hybridized carbons (Fsp3) is 0.0526. The second-order valence-electron chi connectivity index (χ2n) is 12.8. The van der Waals surface area contributed by atoms with E-state index in [9.17, 15) is 24.3 Å². The molecule has 0 fully saturated rings. The minimum atomic E-state index is -0.317. The van der Waals surface area contributed by atoms with Crippen LogP contribution in [0.3, 0.4) is 0 Å². The third-order valence-corrected chi connectivity index (χ3v) is 10.6. The van der Waals surface area contributed by atoms with E-state index in [0.29, 0.717) is 122 Å². The fourth-order valence-electron chi connectivity index (χ4n) is 8.74. The second kappa shape index (κ2) is 7.32. The summed E-state index contributed by atoms with van der Waals surface area (Å²) in [7, 11) is 0. The molecular formula is C38H16N4O5. The van der Waals surface area contributed by atoms with Crippen LogP contribution >= 0.6 is 0 Å². The normalized spacial score (nSPS) is 14.3. The highest BCUT2D eigenvalue weighted by Gasteiger charge is 2.29. The van der Waals surface area contributed by atoms with E-state index in [2.05, 4.69) is 0 Å². The molecule has 1 aliphatic carbocycles. The van der Waals surface area contributed by atoms with Gasteiger partial charge in [0.05, 0.1) is 28.2 Å². The highest BCUT2D eigenvalue weighted by atomic mass is 16.3. The van der Waals surface area contributed by atoms with Crippen molar-refractivity contribution in [2.45, 2.75) is 12.8 Å². The van der Waals surface area contributed by atoms with Gasteiger partial charge in [-0.2, -0.15) is 0 Å². The third kappa shape index (κ3) is 2.42. The van der Waals surface area contributed by atoms with Gasteiger partial charge < -0.3 is 5.11 Å². The van der Waals surface area contributed by atoms with Crippen LogP contribution < -0.4 is 22.0 Å². The highest BCUT2D eigenvalue weighted by Crippen LogP contribution is 2.45. The molecular weight excluding hydrogens is 592 g/mol. The molecule has 9 nitrogen and oxygen atoms in total. The van der Waals surface area contributed by atoms with E-state index in [0.717, 1.165) is 0 Å². The van der Waals surface area contributed by atoms with E-state index < -0.39 is 0 Å². The Balaban J connectivity index is 1.40. The minimum Gasteiger partial charge on any atom is -0.512 e. The smallest absolute Gasteiger partial charge is 0.264 e. The zero-order valence-electron chi connectivity index (χ0n) is 24.1. The van der Waals surface area contributed by atoms with E-state index in [1.165, 1.54) is 0 Å². The van der Waals surface area contributed by atoms with Gasteiger partial charge in [-0.15, -0.1) is 0 Å². The first kappa shape index (κ1) is 23.8. The molecule has 47 heavy (non-hydrogen) atoms. The van der Waals surface area contributed by atoms with Crippen molar-refractivity contribution >= 4 is 104 Å². The standard InChI is InChI=1S/C38H16N4O5/c43-14-5-10-26-24(11-14)40-36-18-9-7-16-30-28(18)22(38(47)42(26)36)13-20-32(30)31-19(34(16)45)12-21-27-17(8-6-15(29(27)31)33(20)44)35-39-23-3-1-2-4-25(23)41(35)37(21)46/h1-4,6-9,11-13,43H,5,10H2. The highest BCUT2D eigenvalue weighted by molar-refractivity contribution is 6.43. The van der Waals surface area contributed by atoms with Gasteiger partial charge in [0.2, 0.25) is 0 Å². The Kier molecular flexibility index (Phi) is 3.71. The number of aryl methyl sites for hydroxylation is 1. The van der Waals surface area contributed by atoms with Gasteiger partial charge in [0.15, 0.2) is 10.9 Å². The molecule has 0 radical (unpaired) electrons. The van der Waals surface area contributed by atoms with Crippen molar-refractivity contribution in [3.63, 3.8) is 0 Å². The number of rotatable bonds is 0. The Morgan fingerprint density at radius 2 is 1.11 bits per heavy atom. The summed E-state index contributed by atoms with van der Waals surface area (Å²) in [5.74, 6) is 0.207. The summed E-state index contributed by atoms with van der Waals surface area (Å²) in [5, 5.41) is 17.3. The van der Waals surface area contributed by atoms with Gasteiger partial charge in [-0.1, -0.05) is 12.1 Å². The lowest BCUT2D eigenvalue weighted by molar-refractivity contribution is 0.390. The molecule has 4 aromatic heterocycles. The molecule has 0 spiro atoms. The average molecular weight is 609 g/mol. The van der Waals surface area contributed by atoms with Crippen LogP contribution in [0.2, 0.25) is 0 Å². The van der Waals surface area contributed by atoms with Gasteiger partial charge in [0.1, 0.15) is 11.3 Å². The van der Waals surface area contributed by atoms with Gasteiger partial charge >= 0.3 is 0 Å². The van der Waals surface area contributed by atoms with Crippen LogP contribution in [0.4, 0.5) is 0 Å². The molecule has 0 saturated heterocycles. The number of hydrogen-bond donors (Lipinski definition) is 1. The molecule has 0 unspecified atom stereocenters. The van der Waals surface area contributed by atoms with Crippen LogP contribution in [0.5, 0.6) is 0 Å². The Labute approximate surface area is 259 Å². The number of aromatic nitrogens is 4. The summed E-state index contributed by atoms with van der Waals surface area (Å²) in [4.78, 5) is 67.2. The number of fused-ring (bicyclic) bond motifs is 8. The van der Waals surface area contributed by atoms with E-state index in [-0.39, 0.29) is 27.7 Å². The second-order valence-corrected chi connectivity index (χ2v) is 12.8. The number of aliphatic hydroxyl groups is 1. The Hall–Kier alpha value is -6.48. The van der Waals surface area contributed by atoms with Gasteiger partial charge in [-0.05, 0) is 55.0 Å². The van der Waals surface area contributed by atoms with Gasteiger partial charge in [-0.3, -0.25) is 28.0 Å². The summed E-state index contributed by atoms with van der Waals surface area (Å²) in [6.45, 7) is 0. The quantitative estimate of drug-likeness (QED) is 0.174. The van der Waals surface area contributed by atoms with Crippen molar-refractivity contribution in [1.29, 1.82) is 0 Å². The van der Waals surface area contributed by atoms with Crippen LogP contribution in [0.15, 0.2) is 85.6 Å². The van der Waals surface area contributed by atoms with E-state index in [4.69, 9.17) is 9.97 Å². The monoisotopic (exact) mass is 608 g/mol. The summed E-state index contributed by atoms with van der Waals surface area (Å²) in [6, 6.07) is 17.9. The van der Waals surface area contributed by atoms with E-state index >= 15 is 0 Å². The van der Waals surface area contributed by atoms with Gasteiger partial charge in [-0.25, -0.2) is 9.97 Å². The van der Waals surface area contributed by atoms with Crippen LogP contribution in [-0.4, -0.2) is 23.9 Å². The van der Waals surface area contributed by atoms with E-state index in [1.807, 2.05) is 36.4 Å². The van der Waals surface area contributed by atoms with Crippen molar-refractivity contribution < 1.29 is 5.11 Å². The summed E-state index contributed by atoms with van der Waals surface area (Å²) in [5.41, 5.74) is 2.38. The van der Waals surface area contributed by atoms with Crippen LogP contribution in [-0.2, 0) is 6.42 Å². The number of imidazole rings is 2. The molecule has 9 heteroatoms. The summed E-state index contributed by atoms with van der Waals surface area (Å²) >= 11 is 0. The maximum Gasteiger partial charge on any atom is 0.264 e. The molecule has 0 aliphatic heterocycles. The zero-order valence-corrected chi connectivity index (χ0v) is 24.1. The molecule has 218 valence electrons. The molecule has 1 aliphatic rings. The first-order valence-corrected chi connectivity index (χ1v) is 15.4. The minimum absolute atomic E-state index is 0.207. The predicted molar refractivity (Wildman–Crippen MR) is 184 cm³/mol. The maximum atomic E-state index is 14.5. The zero-order chi connectivity index (χ0) is 31.2. The Morgan fingerprint density at radius 1 is 0.553 bits per heavy atom. The molecule has 0 atom stereocenters. The van der Waals surface area contributed by atoms with Crippen molar-refractivity contribution in [3.8, 4) is 0 Å². The summed E-state index contributed by atoms with van der Waals surface area (Å²) in [6.07, 6.45) is 2.44. The number of pyridine rings is 2. The lowest BCUT2D eigenvalue weighted by Crippen LogP contribution is -2.19. The van der Waals surface area contributed by atoms with Crippen molar-refractivity contribution in [2.24, 2.45) is 0 Å². The first-order valence-electron chi connectivity index (χ1n) is 15.4.